The highest BCUT2D eigenvalue weighted by Gasteiger charge is 2.27. The average molecular weight is 595 g/mol. The van der Waals surface area contributed by atoms with Crippen LogP contribution in [0.5, 0.6) is 23.5 Å². The molecule has 15 heteroatoms. The Morgan fingerprint density at radius 3 is 1.25 bits per heavy atom. The Morgan fingerprint density at radius 2 is 1.00 bits per heavy atom. The Balaban J connectivity index is 2.05. The van der Waals surface area contributed by atoms with Crippen molar-refractivity contribution >= 4 is 42.0 Å². The summed E-state index contributed by atoms with van der Waals surface area (Å²) in [4.78, 5) is 29.8. The third kappa shape index (κ3) is 10.7. The van der Waals surface area contributed by atoms with Crippen LogP contribution in [-0.2, 0) is 0 Å². The lowest BCUT2D eigenvalue weighted by Crippen LogP contribution is -2.32. The second-order valence-electron chi connectivity index (χ2n) is 10.4. The molecule has 0 spiro atoms. The summed E-state index contributed by atoms with van der Waals surface area (Å²) < 4.78 is 20.9. The summed E-state index contributed by atoms with van der Waals surface area (Å²) in [6.45, 7) is 12.3. The number of aromatic nitrogens is 4. The minimum absolute atomic E-state index is 0.186. The van der Waals surface area contributed by atoms with Crippen molar-refractivity contribution < 1.29 is 23.7 Å². The summed E-state index contributed by atoms with van der Waals surface area (Å²) in [7, 11) is 6.10. The number of thioether (sulfide) groups is 2. The molecule has 0 aliphatic rings. The number of amides is 2. The van der Waals surface area contributed by atoms with Gasteiger partial charge < -0.3 is 18.9 Å². The smallest absolute Gasteiger partial charge is 0.355 e. The van der Waals surface area contributed by atoms with Crippen molar-refractivity contribution in [2.75, 3.05) is 28.4 Å². The molecule has 13 nitrogen and oxygen atoms in total. The lowest BCUT2D eigenvalue weighted by atomic mass is 9.92. The number of carbonyl (C=O) groups is 1. The van der Waals surface area contributed by atoms with Gasteiger partial charge in [0.2, 0.25) is 23.5 Å². The van der Waals surface area contributed by atoms with E-state index in [0.29, 0.717) is 33.8 Å². The van der Waals surface area contributed by atoms with Gasteiger partial charge in [-0.15, -0.1) is 0 Å². The highest BCUT2D eigenvalue weighted by molar-refractivity contribution is 8.00. The first-order valence-electron chi connectivity index (χ1n) is 12.2. The molecule has 0 fully saturated rings. The van der Waals surface area contributed by atoms with Crippen LogP contribution in [0.2, 0.25) is 0 Å². The van der Waals surface area contributed by atoms with E-state index in [9.17, 15) is 4.79 Å². The molecule has 0 radical (unpaired) electrons. The van der Waals surface area contributed by atoms with Crippen molar-refractivity contribution in [3.63, 3.8) is 0 Å². The number of methoxy groups -OCH3 is 4. The van der Waals surface area contributed by atoms with Gasteiger partial charge >= 0.3 is 6.03 Å². The number of hydrogen-bond donors (Lipinski definition) is 2. The van der Waals surface area contributed by atoms with Crippen molar-refractivity contribution in [3.05, 3.63) is 12.1 Å². The van der Waals surface area contributed by atoms with E-state index in [4.69, 9.17) is 18.9 Å². The maximum atomic E-state index is 12.4. The van der Waals surface area contributed by atoms with E-state index in [-0.39, 0.29) is 21.3 Å². The normalized spacial score (nSPS) is 13.7. The van der Waals surface area contributed by atoms with Gasteiger partial charge in [0.05, 0.1) is 51.1 Å². The Hall–Kier alpha value is -3.33. The molecule has 2 N–H and O–H groups in total. The van der Waals surface area contributed by atoms with Crippen LogP contribution in [0.3, 0.4) is 0 Å². The van der Waals surface area contributed by atoms with E-state index in [1.54, 1.807) is 24.6 Å². The summed E-state index contributed by atoms with van der Waals surface area (Å²) in [6, 6.07) is 2.60. The van der Waals surface area contributed by atoms with Crippen molar-refractivity contribution in [2.45, 2.75) is 62.4 Å². The van der Waals surface area contributed by atoms with E-state index in [1.165, 1.54) is 52.0 Å². The summed E-state index contributed by atoms with van der Waals surface area (Å²) >= 11 is 2.74. The van der Waals surface area contributed by atoms with Gasteiger partial charge in [-0.05, 0) is 10.8 Å². The van der Waals surface area contributed by atoms with Crippen molar-refractivity contribution in [1.82, 2.24) is 30.8 Å². The lowest BCUT2D eigenvalue weighted by molar-refractivity contribution is 0.242. The van der Waals surface area contributed by atoms with Gasteiger partial charge in [0.25, 0.3) is 0 Å². The molecule has 0 aromatic carbocycles. The fraction of sp³-hybridized carbons (Fsp3) is 0.560. The van der Waals surface area contributed by atoms with Crippen LogP contribution in [0.15, 0.2) is 32.6 Å². The second-order valence-corrected chi connectivity index (χ2v) is 12.6. The third-order valence-electron chi connectivity index (χ3n) is 5.08. The van der Waals surface area contributed by atoms with Gasteiger partial charge in [-0.25, -0.2) is 15.6 Å². The zero-order valence-electron chi connectivity index (χ0n) is 24.5. The van der Waals surface area contributed by atoms with Crippen molar-refractivity contribution in [2.24, 2.45) is 21.0 Å². The number of rotatable bonds is 12. The molecule has 2 aromatic heterocycles. The number of nitrogens with zero attached hydrogens (tertiary/aromatic N) is 6. The topological polar surface area (TPSA) is 154 Å². The van der Waals surface area contributed by atoms with Crippen LogP contribution >= 0.6 is 23.5 Å². The zero-order valence-corrected chi connectivity index (χ0v) is 26.1. The van der Waals surface area contributed by atoms with Gasteiger partial charge in [0, 0.05) is 12.4 Å². The maximum absolute atomic E-state index is 12.4. The number of hydrogen-bond acceptors (Lipinski definition) is 13. The Morgan fingerprint density at radius 1 is 0.700 bits per heavy atom. The van der Waals surface area contributed by atoms with Gasteiger partial charge in [0.1, 0.15) is 0 Å². The van der Waals surface area contributed by atoms with Gasteiger partial charge in [-0.1, -0.05) is 65.1 Å². The van der Waals surface area contributed by atoms with Gasteiger partial charge in [-0.3, -0.25) is 0 Å². The molecule has 40 heavy (non-hydrogen) atoms. The van der Waals surface area contributed by atoms with Crippen LogP contribution in [0.1, 0.15) is 41.5 Å². The molecular formula is C25H38N8O5S2. The number of ether oxygens (including phenoxy) is 4. The molecule has 0 aliphatic carbocycles. The molecule has 0 saturated heterocycles. The van der Waals surface area contributed by atoms with Crippen LogP contribution in [0.25, 0.3) is 0 Å². The predicted molar refractivity (Wildman–Crippen MR) is 157 cm³/mol. The van der Waals surface area contributed by atoms with E-state index in [0.717, 1.165) is 0 Å². The van der Waals surface area contributed by atoms with E-state index < -0.39 is 6.03 Å². The summed E-state index contributed by atoms with van der Waals surface area (Å²) in [5.41, 5.74) is 4.43. The summed E-state index contributed by atoms with van der Waals surface area (Å²) in [5.74, 6) is 1.55. The highest BCUT2D eigenvalue weighted by atomic mass is 32.2. The second kappa shape index (κ2) is 14.9. The van der Waals surface area contributed by atoms with E-state index in [2.05, 4.69) is 41.0 Å². The molecule has 0 aliphatic heterocycles. The largest absolute Gasteiger partial charge is 0.481 e. The Labute approximate surface area is 243 Å². The monoisotopic (exact) mass is 594 g/mol. The van der Waals surface area contributed by atoms with Crippen molar-refractivity contribution in [3.8, 4) is 23.5 Å². The quantitative estimate of drug-likeness (QED) is 0.157. The van der Waals surface area contributed by atoms with Gasteiger partial charge in [-0.2, -0.15) is 30.1 Å². The standard InChI is InChI=1S/C25H38N8O5S2/c1-24(2,3)15(39-22-28-17(35-7)11-18(29-22)36-8)13-26-32-21(34)33-27-14-16(25(4,5)6)40-23-30-19(37-9)12-20(31-23)38-10/h11-16H,1-10H3,(H2,32,33,34). The fourth-order valence-corrected chi connectivity index (χ4v) is 4.71. The lowest BCUT2D eigenvalue weighted by Gasteiger charge is -2.26. The minimum atomic E-state index is -0.596. The van der Waals surface area contributed by atoms with E-state index >= 15 is 0 Å². The number of nitrogens with one attached hydrogen (secondary N) is 2. The first-order chi connectivity index (χ1) is 18.8. The number of carbonyl (C=O) groups excluding carboxylic acids is 1. The van der Waals surface area contributed by atoms with Crippen LogP contribution < -0.4 is 29.8 Å². The van der Waals surface area contributed by atoms with Gasteiger partial charge in [0.15, 0.2) is 10.3 Å². The van der Waals surface area contributed by atoms with Crippen LogP contribution in [0, 0.1) is 10.8 Å². The molecule has 2 unspecified atom stereocenters. The molecule has 2 heterocycles. The number of urea groups is 1. The molecule has 220 valence electrons. The summed E-state index contributed by atoms with van der Waals surface area (Å²) in [5, 5.41) is 8.78. The first-order valence-corrected chi connectivity index (χ1v) is 13.9. The van der Waals surface area contributed by atoms with Crippen LogP contribution in [0.4, 0.5) is 4.79 Å². The summed E-state index contributed by atoms with van der Waals surface area (Å²) in [6.07, 6.45) is 3.26. The van der Waals surface area contributed by atoms with Crippen LogP contribution in [-0.4, -0.2) is 77.3 Å². The predicted octanol–water partition coefficient (Wildman–Crippen LogP) is 4.29. The number of hydrazone groups is 2. The molecule has 2 atom stereocenters. The molecule has 2 aromatic rings. The Kier molecular flexibility index (Phi) is 12.2. The molecule has 0 saturated carbocycles. The molecule has 2 amide bonds. The average Bonchev–Trinajstić information content (AvgIpc) is 2.90. The molecular weight excluding hydrogens is 556 g/mol. The third-order valence-corrected chi connectivity index (χ3v) is 8.03. The molecule has 0 bridgehead atoms. The first kappa shape index (κ1) is 32.9. The highest BCUT2D eigenvalue weighted by Crippen LogP contribution is 2.35. The van der Waals surface area contributed by atoms with E-state index in [1.807, 2.05) is 41.5 Å². The minimum Gasteiger partial charge on any atom is -0.481 e. The van der Waals surface area contributed by atoms with Crippen molar-refractivity contribution in [1.29, 1.82) is 0 Å². The fourth-order valence-electron chi connectivity index (χ4n) is 2.73. The Bertz CT molecular complexity index is 1050. The SMILES string of the molecule is COc1cc(OC)nc(SC(C=NNC(=O)NN=CC(Sc2nc(OC)cc(OC)n2)C(C)(C)C)C(C)(C)C)n1. The zero-order chi connectivity index (χ0) is 29.9. The maximum Gasteiger partial charge on any atom is 0.355 e. The molecule has 2 rings (SSSR count).